The van der Waals surface area contributed by atoms with Crippen molar-refractivity contribution in [2.24, 2.45) is 0 Å². The summed E-state index contributed by atoms with van der Waals surface area (Å²) in [5.74, 6) is 1.51. The van der Waals surface area contributed by atoms with Gasteiger partial charge in [0.15, 0.2) is 0 Å². The highest BCUT2D eigenvalue weighted by Crippen LogP contribution is 2.30. The smallest absolute Gasteiger partial charge is 0.252 e. The average Bonchev–Trinajstić information content (AvgIpc) is 3.20. The molecule has 2 fully saturated rings. The van der Waals surface area contributed by atoms with Gasteiger partial charge in [-0.1, -0.05) is 0 Å². The first kappa shape index (κ1) is 21.8. The first-order valence-corrected chi connectivity index (χ1v) is 9.54. The second-order valence-corrected chi connectivity index (χ2v) is 7.13. The van der Waals surface area contributed by atoms with Gasteiger partial charge in [-0.25, -0.2) is 0 Å². The highest BCUT2D eigenvalue weighted by atomic mass is 35.5. The summed E-state index contributed by atoms with van der Waals surface area (Å²) in [5.41, 5.74) is 0.232. The van der Waals surface area contributed by atoms with E-state index in [9.17, 15) is 4.79 Å². The van der Waals surface area contributed by atoms with E-state index in [0.29, 0.717) is 19.4 Å². The second kappa shape index (κ2) is 10.2. The number of piperidine rings is 1. The lowest BCUT2D eigenvalue weighted by Gasteiger charge is -2.34. The third kappa shape index (κ3) is 5.27. The van der Waals surface area contributed by atoms with Crippen LogP contribution in [0.2, 0.25) is 0 Å². The van der Waals surface area contributed by atoms with Crippen molar-refractivity contribution in [3.8, 4) is 11.5 Å². The van der Waals surface area contributed by atoms with E-state index in [4.69, 9.17) is 14.2 Å². The van der Waals surface area contributed by atoms with Crippen LogP contribution in [-0.4, -0.2) is 44.9 Å². The monoisotopic (exact) mass is 398 g/mol. The molecule has 0 atom stereocenters. The Labute approximate surface area is 167 Å². The Morgan fingerprint density at radius 3 is 2.56 bits per heavy atom. The van der Waals surface area contributed by atoms with Gasteiger partial charge >= 0.3 is 0 Å². The van der Waals surface area contributed by atoms with Crippen LogP contribution in [-0.2, 0) is 16.1 Å². The number of nitrogens with one attached hydrogen (secondary N) is 2. The molecule has 7 heteroatoms. The van der Waals surface area contributed by atoms with Crippen molar-refractivity contribution >= 4 is 18.3 Å². The minimum atomic E-state index is -0.732. The molecule has 0 radical (unpaired) electrons. The Morgan fingerprint density at radius 1 is 1.22 bits per heavy atom. The van der Waals surface area contributed by atoms with Crippen LogP contribution in [0, 0.1) is 0 Å². The molecule has 1 aromatic rings. The van der Waals surface area contributed by atoms with Crippen molar-refractivity contribution in [3.63, 3.8) is 0 Å². The molecule has 1 saturated carbocycles. The number of carbonyl (C=O) groups is 1. The quantitative estimate of drug-likeness (QED) is 0.739. The summed E-state index contributed by atoms with van der Waals surface area (Å²) in [7, 11) is 3.27. The van der Waals surface area contributed by atoms with Crippen molar-refractivity contribution in [3.05, 3.63) is 23.8 Å². The van der Waals surface area contributed by atoms with Crippen molar-refractivity contribution in [2.45, 2.75) is 56.8 Å². The van der Waals surface area contributed by atoms with E-state index in [1.165, 1.54) is 12.8 Å². The molecule has 6 nitrogen and oxygen atoms in total. The fourth-order valence-corrected chi connectivity index (χ4v) is 3.79. The summed E-state index contributed by atoms with van der Waals surface area (Å²) in [6, 6.07) is 5.78. The Bertz CT molecular complexity index is 614. The second-order valence-electron chi connectivity index (χ2n) is 7.13. The summed E-state index contributed by atoms with van der Waals surface area (Å²) < 4.78 is 17.1. The zero-order valence-electron chi connectivity index (χ0n) is 16.2. The largest absolute Gasteiger partial charge is 0.497 e. The molecule has 1 aliphatic carbocycles. The van der Waals surface area contributed by atoms with Crippen molar-refractivity contribution < 1.29 is 19.0 Å². The first-order valence-electron chi connectivity index (χ1n) is 9.54. The first-order chi connectivity index (χ1) is 12.7. The number of amides is 1. The van der Waals surface area contributed by atoms with Gasteiger partial charge in [0.25, 0.3) is 5.91 Å². The molecule has 27 heavy (non-hydrogen) atoms. The number of carbonyl (C=O) groups excluding carboxylic acids is 1. The lowest BCUT2D eigenvalue weighted by molar-refractivity contribution is -0.146. The summed E-state index contributed by atoms with van der Waals surface area (Å²) in [6.07, 6.45) is 6.22. The fourth-order valence-electron chi connectivity index (χ4n) is 3.79. The van der Waals surface area contributed by atoms with Gasteiger partial charge in [-0.05, 0) is 63.7 Å². The molecular formula is C20H31ClN2O4. The van der Waals surface area contributed by atoms with Crippen LogP contribution in [0.3, 0.4) is 0 Å². The van der Waals surface area contributed by atoms with E-state index >= 15 is 0 Å². The van der Waals surface area contributed by atoms with Crippen LogP contribution in [0.1, 0.15) is 44.1 Å². The average molecular weight is 399 g/mol. The van der Waals surface area contributed by atoms with Crippen LogP contribution in [0.15, 0.2) is 18.2 Å². The Kier molecular flexibility index (Phi) is 8.20. The van der Waals surface area contributed by atoms with Crippen LogP contribution in [0.4, 0.5) is 0 Å². The zero-order chi connectivity index (χ0) is 18.4. The Hall–Kier alpha value is -1.50. The molecule has 0 aromatic heterocycles. The van der Waals surface area contributed by atoms with Crippen LogP contribution in [0.25, 0.3) is 0 Å². The van der Waals surface area contributed by atoms with Crippen LogP contribution < -0.4 is 20.1 Å². The maximum Gasteiger partial charge on any atom is 0.252 e. The van der Waals surface area contributed by atoms with Crippen LogP contribution in [0.5, 0.6) is 11.5 Å². The van der Waals surface area contributed by atoms with Gasteiger partial charge in [0.2, 0.25) is 0 Å². The summed E-state index contributed by atoms with van der Waals surface area (Å²) in [6.45, 7) is 2.00. The number of hydrogen-bond donors (Lipinski definition) is 2. The van der Waals surface area contributed by atoms with E-state index < -0.39 is 5.60 Å². The molecule has 0 bridgehead atoms. The predicted octanol–water partition coefficient (Wildman–Crippen LogP) is 2.82. The standard InChI is InChI=1S/C20H30N2O4.ClH/c1-24-17-8-7-15(18(13-17)26-16-5-3-4-6-16)14-22-19(23)20(25-2)9-11-21-12-10-20;/h7-8,13,16,21H,3-6,9-12,14H2,1-2H3,(H,22,23);1H. The van der Waals surface area contributed by atoms with Gasteiger partial charge in [0.05, 0.1) is 13.2 Å². The van der Waals surface area contributed by atoms with E-state index in [-0.39, 0.29) is 24.4 Å². The molecule has 1 aliphatic heterocycles. The summed E-state index contributed by atoms with van der Waals surface area (Å²) >= 11 is 0. The lowest BCUT2D eigenvalue weighted by atomic mass is 9.91. The zero-order valence-corrected chi connectivity index (χ0v) is 17.0. The SMILES string of the molecule is COc1ccc(CNC(=O)C2(OC)CCNCC2)c(OC2CCCC2)c1.Cl. The molecule has 1 aromatic carbocycles. The lowest BCUT2D eigenvalue weighted by Crippen LogP contribution is -2.53. The van der Waals surface area contributed by atoms with E-state index in [2.05, 4.69) is 10.6 Å². The third-order valence-corrected chi connectivity index (χ3v) is 5.53. The molecule has 2 aliphatic rings. The van der Waals surface area contributed by atoms with E-state index in [1.54, 1.807) is 14.2 Å². The maximum absolute atomic E-state index is 12.8. The van der Waals surface area contributed by atoms with Gasteiger partial charge in [-0.3, -0.25) is 4.79 Å². The Balaban J connectivity index is 0.00000261. The van der Waals surface area contributed by atoms with E-state index in [0.717, 1.165) is 43.0 Å². The minimum absolute atomic E-state index is 0. The van der Waals surface area contributed by atoms with Gasteiger partial charge in [-0.2, -0.15) is 0 Å². The maximum atomic E-state index is 12.8. The van der Waals surface area contributed by atoms with Crippen LogP contribution >= 0.6 is 12.4 Å². The molecule has 1 saturated heterocycles. The van der Waals surface area contributed by atoms with E-state index in [1.807, 2.05) is 18.2 Å². The van der Waals surface area contributed by atoms with Gasteiger partial charge in [0, 0.05) is 25.3 Å². The molecule has 0 spiro atoms. The number of hydrogen-bond acceptors (Lipinski definition) is 5. The number of halogens is 1. The molecule has 2 N–H and O–H groups in total. The van der Waals surface area contributed by atoms with Gasteiger partial charge in [0.1, 0.15) is 17.1 Å². The summed E-state index contributed by atoms with van der Waals surface area (Å²) in [5, 5.41) is 6.32. The number of rotatable bonds is 7. The van der Waals surface area contributed by atoms with Gasteiger partial charge in [-0.15, -0.1) is 12.4 Å². The van der Waals surface area contributed by atoms with Gasteiger partial charge < -0.3 is 24.8 Å². The van der Waals surface area contributed by atoms with Crippen molar-refractivity contribution in [2.75, 3.05) is 27.3 Å². The van der Waals surface area contributed by atoms with Crippen molar-refractivity contribution in [1.29, 1.82) is 0 Å². The highest BCUT2D eigenvalue weighted by Gasteiger charge is 2.39. The summed E-state index contributed by atoms with van der Waals surface area (Å²) in [4.78, 5) is 12.8. The molecule has 1 heterocycles. The molecule has 0 unspecified atom stereocenters. The number of benzene rings is 1. The fraction of sp³-hybridized carbons (Fsp3) is 0.650. The molecule has 152 valence electrons. The minimum Gasteiger partial charge on any atom is -0.497 e. The highest BCUT2D eigenvalue weighted by molar-refractivity contribution is 5.85. The Morgan fingerprint density at radius 2 is 1.93 bits per heavy atom. The molecule has 3 rings (SSSR count). The number of methoxy groups -OCH3 is 2. The molecular weight excluding hydrogens is 368 g/mol. The van der Waals surface area contributed by atoms with Crippen molar-refractivity contribution in [1.82, 2.24) is 10.6 Å². The normalized spacial score (nSPS) is 19.2. The number of ether oxygens (including phenoxy) is 3. The third-order valence-electron chi connectivity index (χ3n) is 5.53. The predicted molar refractivity (Wildman–Crippen MR) is 107 cm³/mol. The molecule has 1 amide bonds. The topological polar surface area (TPSA) is 68.8 Å².